The molecule has 0 aliphatic carbocycles. The summed E-state index contributed by atoms with van der Waals surface area (Å²) in [6.45, 7) is 7.22. The summed E-state index contributed by atoms with van der Waals surface area (Å²) in [4.78, 5) is 11.6. The first-order valence-corrected chi connectivity index (χ1v) is 7.69. The van der Waals surface area contributed by atoms with E-state index in [2.05, 4.69) is 34.9 Å². The molecule has 0 unspecified atom stereocenters. The lowest BCUT2D eigenvalue weighted by Crippen LogP contribution is -2.41. The van der Waals surface area contributed by atoms with Gasteiger partial charge in [-0.3, -0.25) is 0 Å². The smallest absolute Gasteiger partial charge is 0.407 e. The molecule has 0 spiro atoms. The van der Waals surface area contributed by atoms with Gasteiger partial charge in [0.2, 0.25) is 0 Å². The fourth-order valence-electron chi connectivity index (χ4n) is 2.60. The van der Waals surface area contributed by atoms with Gasteiger partial charge in [-0.15, -0.1) is 0 Å². The fraction of sp³-hybridized carbons (Fsp3) is 0.588. The molecule has 21 heavy (non-hydrogen) atoms. The van der Waals surface area contributed by atoms with E-state index in [1.165, 1.54) is 5.56 Å². The van der Waals surface area contributed by atoms with Gasteiger partial charge in [0, 0.05) is 19.1 Å². The first kappa shape index (κ1) is 15.8. The summed E-state index contributed by atoms with van der Waals surface area (Å²) < 4.78 is 5.25. The van der Waals surface area contributed by atoms with Gasteiger partial charge in [-0.05, 0) is 45.1 Å². The molecule has 2 rings (SSSR count). The second-order valence-corrected chi connectivity index (χ2v) is 6.70. The standard InChI is InChI=1S/C17H26N2O2/c1-17(2,3)21-16(20)19-12-13-9-10-15(18-11-13)14-7-5-4-6-8-14/h4-8,13,15,18H,9-12H2,1-3H3,(H,19,20)/t13-,15-/m0/s1. The van der Waals surface area contributed by atoms with E-state index in [1.54, 1.807) is 0 Å². The van der Waals surface area contributed by atoms with E-state index in [0.29, 0.717) is 18.5 Å². The topological polar surface area (TPSA) is 50.4 Å². The highest BCUT2D eigenvalue weighted by Gasteiger charge is 2.23. The van der Waals surface area contributed by atoms with Crippen LogP contribution in [0.3, 0.4) is 0 Å². The van der Waals surface area contributed by atoms with E-state index in [9.17, 15) is 4.79 Å². The summed E-state index contributed by atoms with van der Waals surface area (Å²) in [7, 11) is 0. The van der Waals surface area contributed by atoms with Gasteiger partial charge >= 0.3 is 6.09 Å². The molecule has 2 atom stereocenters. The highest BCUT2D eigenvalue weighted by Crippen LogP contribution is 2.25. The molecule has 0 bridgehead atoms. The van der Waals surface area contributed by atoms with Crippen LogP contribution in [-0.4, -0.2) is 24.8 Å². The molecule has 1 amide bonds. The van der Waals surface area contributed by atoms with Gasteiger partial charge < -0.3 is 15.4 Å². The van der Waals surface area contributed by atoms with Crippen LogP contribution >= 0.6 is 0 Å². The van der Waals surface area contributed by atoms with Crippen molar-refractivity contribution in [2.24, 2.45) is 5.92 Å². The summed E-state index contributed by atoms with van der Waals surface area (Å²) in [6.07, 6.45) is 1.89. The zero-order valence-electron chi connectivity index (χ0n) is 13.2. The molecule has 1 aromatic carbocycles. The highest BCUT2D eigenvalue weighted by molar-refractivity contribution is 5.67. The summed E-state index contributed by atoms with van der Waals surface area (Å²) >= 11 is 0. The van der Waals surface area contributed by atoms with Crippen molar-refractivity contribution in [2.75, 3.05) is 13.1 Å². The number of hydrogen-bond acceptors (Lipinski definition) is 3. The van der Waals surface area contributed by atoms with Gasteiger partial charge in [-0.2, -0.15) is 0 Å². The Hall–Kier alpha value is -1.55. The van der Waals surface area contributed by atoms with Crippen molar-refractivity contribution in [2.45, 2.75) is 45.3 Å². The molecule has 1 aromatic rings. The minimum atomic E-state index is -0.437. The van der Waals surface area contributed by atoms with Gasteiger partial charge in [-0.25, -0.2) is 4.79 Å². The molecule has 1 aliphatic heterocycles. The minimum Gasteiger partial charge on any atom is -0.444 e. The maximum Gasteiger partial charge on any atom is 0.407 e. The number of ether oxygens (including phenoxy) is 1. The zero-order valence-corrected chi connectivity index (χ0v) is 13.2. The Balaban J connectivity index is 1.71. The molecule has 1 saturated heterocycles. The van der Waals surface area contributed by atoms with Crippen LogP contribution in [0.25, 0.3) is 0 Å². The molecule has 0 saturated carbocycles. The lowest BCUT2D eigenvalue weighted by Gasteiger charge is -2.30. The molecule has 116 valence electrons. The van der Waals surface area contributed by atoms with E-state index in [4.69, 9.17) is 4.74 Å². The Morgan fingerprint density at radius 1 is 1.29 bits per heavy atom. The van der Waals surface area contributed by atoms with E-state index >= 15 is 0 Å². The third-order valence-corrected chi connectivity index (χ3v) is 3.65. The Labute approximate surface area is 127 Å². The molecular weight excluding hydrogens is 264 g/mol. The molecule has 1 fully saturated rings. The van der Waals surface area contributed by atoms with Crippen molar-refractivity contribution in [1.29, 1.82) is 0 Å². The number of amides is 1. The Kier molecular flexibility index (Phi) is 5.23. The third-order valence-electron chi connectivity index (χ3n) is 3.65. The Bertz CT molecular complexity index is 446. The number of nitrogens with one attached hydrogen (secondary N) is 2. The third kappa shape index (κ3) is 5.38. The van der Waals surface area contributed by atoms with Crippen molar-refractivity contribution < 1.29 is 9.53 Å². The van der Waals surface area contributed by atoms with Crippen molar-refractivity contribution in [1.82, 2.24) is 10.6 Å². The maximum absolute atomic E-state index is 11.6. The summed E-state index contributed by atoms with van der Waals surface area (Å²) in [6, 6.07) is 11.0. The second kappa shape index (κ2) is 6.94. The van der Waals surface area contributed by atoms with E-state index in [0.717, 1.165) is 19.4 Å². The summed E-state index contributed by atoms with van der Waals surface area (Å²) in [5.41, 5.74) is 0.906. The van der Waals surface area contributed by atoms with Crippen LogP contribution in [0.15, 0.2) is 30.3 Å². The number of piperidine rings is 1. The number of hydrogen-bond donors (Lipinski definition) is 2. The molecule has 1 heterocycles. The normalized spacial score (nSPS) is 22.6. The first-order chi connectivity index (χ1) is 9.94. The molecule has 1 aliphatic rings. The van der Waals surface area contributed by atoms with Crippen LogP contribution in [0.4, 0.5) is 4.79 Å². The van der Waals surface area contributed by atoms with Gasteiger partial charge in [0.25, 0.3) is 0 Å². The van der Waals surface area contributed by atoms with E-state index < -0.39 is 5.60 Å². The van der Waals surface area contributed by atoms with E-state index in [-0.39, 0.29) is 6.09 Å². The summed E-state index contributed by atoms with van der Waals surface area (Å²) in [5.74, 6) is 0.470. The monoisotopic (exact) mass is 290 g/mol. The first-order valence-electron chi connectivity index (χ1n) is 7.69. The molecule has 4 heteroatoms. The molecular formula is C17H26N2O2. The van der Waals surface area contributed by atoms with Crippen LogP contribution in [0.2, 0.25) is 0 Å². The predicted octanol–water partition coefficient (Wildman–Crippen LogP) is 3.25. The lowest BCUT2D eigenvalue weighted by atomic mass is 9.91. The zero-order chi connectivity index (χ0) is 15.3. The fourth-order valence-corrected chi connectivity index (χ4v) is 2.60. The molecule has 4 nitrogen and oxygen atoms in total. The van der Waals surface area contributed by atoms with Gasteiger partial charge in [0.1, 0.15) is 5.60 Å². The average molecular weight is 290 g/mol. The van der Waals surface area contributed by atoms with Gasteiger partial charge in [0.15, 0.2) is 0 Å². The van der Waals surface area contributed by atoms with Crippen LogP contribution in [0.5, 0.6) is 0 Å². The van der Waals surface area contributed by atoms with Gasteiger partial charge in [0.05, 0.1) is 0 Å². The largest absolute Gasteiger partial charge is 0.444 e. The van der Waals surface area contributed by atoms with Gasteiger partial charge in [-0.1, -0.05) is 30.3 Å². The van der Waals surface area contributed by atoms with Crippen molar-refractivity contribution in [3.8, 4) is 0 Å². The summed E-state index contributed by atoms with van der Waals surface area (Å²) in [5, 5.41) is 6.43. The molecule has 2 N–H and O–H groups in total. The lowest BCUT2D eigenvalue weighted by molar-refractivity contribution is 0.0515. The van der Waals surface area contributed by atoms with Crippen LogP contribution in [0.1, 0.15) is 45.2 Å². The van der Waals surface area contributed by atoms with E-state index in [1.807, 2.05) is 26.8 Å². The molecule has 0 aromatic heterocycles. The maximum atomic E-state index is 11.6. The number of carbonyl (C=O) groups excluding carboxylic acids is 1. The SMILES string of the molecule is CC(C)(C)OC(=O)NC[C@H]1CC[C@@H](c2ccccc2)NC1. The Morgan fingerprint density at radius 3 is 2.57 bits per heavy atom. The van der Waals surface area contributed by atoms with Crippen molar-refractivity contribution >= 4 is 6.09 Å². The second-order valence-electron chi connectivity index (χ2n) is 6.70. The Morgan fingerprint density at radius 2 is 2.00 bits per heavy atom. The van der Waals surface area contributed by atoms with Crippen molar-refractivity contribution in [3.63, 3.8) is 0 Å². The number of carbonyl (C=O) groups is 1. The number of benzene rings is 1. The number of alkyl carbamates (subject to hydrolysis) is 1. The van der Waals surface area contributed by atoms with Crippen LogP contribution in [-0.2, 0) is 4.74 Å². The average Bonchev–Trinajstić information content (AvgIpc) is 2.45. The highest BCUT2D eigenvalue weighted by atomic mass is 16.6. The minimum absolute atomic E-state index is 0.326. The van der Waals surface area contributed by atoms with Crippen LogP contribution < -0.4 is 10.6 Å². The van der Waals surface area contributed by atoms with Crippen molar-refractivity contribution in [3.05, 3.63) is 35.9 Å². The van der Waals surface area contributed by atoms with Crippen LogP contribution in [0, 0.1) is 5.92 Å². The molecule has 0 radical (unpaired) electrons. The predicted molar refractivity (Wildman–Crippen MR) is 84.1 cm³/mol. The number of rotatable bonds is 3. The quantitative estimate of drug-likeness (QED) is 0.898.